The molecular weight excluding hydrogens is 258 g/mol. The summed E-state index contributed by atoms with van der Waals surface area (Å²) >= 11 is 0. The number of carbonyl (C=O) groups excluding carboxylic acids is 1. The summed E-state index contributed by atoms with van der Waals surface area (Å²) in [5.74, 6) is -0.435. The van der Waals surface area contributed by atoms with Gasteiger partial charge in [0.25, 0.3) is 5.91 Å². The van der Waals surface area contributed by atoms with Crippen LogP contribution in [0.15, 0.2) is 0 Å². The van der Waals surface area contributed by atoms with E-state index < -0.39 is 5.91 Å². The van der Waals surface area contributed by atoms with E-state index in [0.717, 1.165) is 16.8 Å². The van der Waals surface area contributed by atoms with Crippen LogP contribution in [0.2, 0.25) is 0 Å². The fraction of sp³-hybridized carbons (Fsp3) is 0.500. The Hall–Kier alpha value is -2.13. The summed E-state index contributed by atoms with van der Waals surface area (Å²) in [5.41, 5.74) is 7.63. The highest BCUT2D eigenvalue weighted by Gasteiger charge is 2.31. The monoisotopic (exact) mass is 275 g/mol. The summed E-state index contributed by atoms with van der Waals surface area (Å²) in [4.78, 5) is 15.1. The maximum absolute atomic E-state index is 10.8. The zero-order chi connectivity index (χ0) is 14.9. The van der Waals surface area contributed by atoms with E-state index in [-0.39, 0.29) is 18.1 Å². The molecule has 0 atom stereocenters. The number of fused-ring (bicyclic) bond motifs is 1. The van der Waals surface area contributed by atoms with Gasteiger partial charge in [0.05, 0.1) is 12.2 Å². The van der Waals surface area contributed by atoms with Crippen molar-refractivity contribution in [1.82, 2.24) is 4.98 Å². The lowest BCUT2D eigenvalue weighted by atomic mass is 9.88. The molecule has 1 amide bonds. The predicted octanol–water partition coefficient (Wildman–Crippen LogP) is 0.977. The zero-order valence-corrected chi connectivity index (χ0v) is 11.8. The first-order valence-corrected chi connectivity index (χ1v) is 6.31. The summed E-state index contributed by atoms with van der Waals surface area (Å²) in [7, 11) is 0. The minimum Gasteiger partial charge on any atom is -0.467 e. The number of nitriles is 1. The van der Waals surface area contributed by atoms with Crippen LogP contribution in [0.3, 0.4) is 0 Å². The fourth-order valence-corrected chi connectivity index (χ4v) is 2.26. The van der Waals surface area contributed by atoms with Gasteiger partial charge in [0.2, 0.25) is 5.88 Å². The van der Waals surface area contributed by atoms with Gasteiger partial charge in [0.1, 0.15) is 11.6 Å². The third-order valence-corrected chi connectivity index (χ3v) is 3.26. The van der Waals surface area contributed by atoms with Crippen molar-refractivity contribution in [3.63, 3.8) is 0 Å². The van der Waals surface area contributed by atoms with E-state index in [9.17, 15) is 10.1 Å². The summed E-state index contributed by atoms with van der Waals surface area (Å²) in [5, 5.41) is 9.37. The average molecular weight is 275 g/mol. The van der Waals surface area contributed by atoms with Gasteiger partial charge in [-0.05, 0) is 26.3 Å². The minimum absolute atomic E-state index is 0.167. The number of carbonyl (C=O) groups is 1. The van der Waals surface area contributed by atoms with Gasteiger partial charge < -0.3 is 15.2 Å². The second-order valence-corrected chi connectivity index (χ2v) is 5.43. The van der Waals surface area contributed by atoms with Crippen molar-refractivity contribution in [2.75, 3.05) is 6.61 Å². The van der Waals surface area contributed by atoms with E-state index in [1.54, 1.807) is 0 Å². The first kappa shape index (κ1) is 14.3. The lowest BCUT2D eigenvalue weighted by molar-refractivity contribution is -0.120. The van der Waals surface area contributed by atoms with Gasteiger partial charge in [-0.15, -0.1) is 0 Å². The van der Waals surface area contributed by atoms with Crippen molar-refractivity contribution >= 4 is 5.91 Å². The molecule has 1 aromatic heterocycles. The van der Waals surface area contributed by atoms with E-state index in [1.165, 1.54) is 0 Å². The number of hydrogen-bond donors (Lipinski definition) is 1. The van der Waals surface area contributed by atoms with Crippen molar-refractivity contribution in [3.8, 4) is 11.9 Å². The molecule has 0 radical (unpaired) electrons. The van der Waals surface area contributed by atoms with Crippen LogP contribution in [-0.4, -0.2) is 23.1 Å². The maximum Gasteiger partial charge on any atom is 0.255 e. The molecule has 1 aliphatic heterocycles. The molecule has 2 heterocycles. The number of nitrogens with two attached hydrogens (primary N) is 1. The minimum atomic E-state index is -0.602. The number of amides is 1. The van der Waals surface area contributed by atoms with E-state index in [1.807, 2.05) is 20.8 Å². The van der Waals surface area contributed by atoms with E-state index in [4.69, 9.17) is 15.2 Å². The normalized spacial score (nSPS) is 16.1. The average Bonchev–Trinajstić information content (AvgIpc) is 2.35. The van der Waals surface area contributed by atoms with Crippen molar-refractivity contribution in [2.24, 2.45) is 5.73 Å². The van der Waals surface area contributed by atoms with Crippen molar-refractivity contribution in [1.29, 1.82) is 5.26 Å². The number of aryl methyl sites for hydroxylation is 1. The highest BCUT2D eigenvalue weighted by atomic mass is 16.5. The fourth-order valence-electron chi connectivity index (χ4n) is 2.26. The van der Waals surface area contributed by atoms with Crippen LogP contribution in [0.5, 0.6) is 5.88 Å². The SMILES string of the molecule is Cc1nc(OCC(N)=O)c(C#N)c2c1COC(C)(C)C2. The molecule has 2 rings (SSSR count). The van der Waals surface area contributed by atoms with Gasteiger partial charge >= 0.3 is 0 Å². The molecule has 6 heteroatoms. The van der Waals surface area contributed by atoms with Gasteiger partial charge in [-0.3, -0.25) is 4.79 Å². The molecule has 1 aliphatic rings. The summed E-state index contributed by atoms with van der Waals surface area (Å²) < 4.78 is 11.0. The molecule has 0 spiro atoms. The van der Waals surface area contributed by atoms with E-state index in [0.29, 0.717) is 18.6 Å². The van der Waals surface area contributed by atoms with Gasteiger partial charge in [0.15, 0.2) is 6.61 Å². The molecule has 0 saturated carbocycles. The molecule has 106 valence electrons. The topological polar surface area (TPSA) is 98.2 Å². The number of aromatic nitrogens is 1. The summed E-state index contributed by atoms with van der Waals surface area (Å²) in [6.07, 6.45) is 0.599. The smallest absolute Gasteiger partial charge is 0.255 e. The largest absolute Gasteiger partial charge is 0.467 e. The molecule has 0 aliphatic carbocycles. The predicted molar refractivity (Wildman–Crippen MR) is 71.0 cm³/mol. The quantitative estimate of drug-likeness (QED) is 0.886. The highest BCUT2D eigenvalue weighted by molar-refractivity contribution is 5.75. The Labute approximate surface area is 117 Å². The Morgan fingerprint density at radius 2 is 2.25 bits per heavy atom. The van der Waals surface area contributed by atoms with Crippen molar-refractivity contribution < 1.29 is 14.3 Å². The van der Waals surface area contributed by atoms with Crippen LogP contribution in [0.4, 0.5) is 0 Å². The Morgan fingerprint density at radius 1 is 1.55 bits per heavy atom. The number of ether oxygens (including phenoxy) is 2. The van der Waals surface area contributed by atoms with Crippen molar-refractivity contribution in [3.05, 3.63) is 22.4 Å². The second-order valence-electron chi connectivity index (χ2n) is 5.43. The third-order valence-electron chi connectivity index (χ3n) is 3.26. The number of primary amides is 1. The standard InChI is InChI=1S/C14H17N3O3/c1-8-11-6-20-14(2,3)4-9(11)10(5-15)13(17-8)19-7-12(16)18/h4,6-7H2,1-3H3,(H2,16,18). The molecule has 1 aromatic rings. The van der Waals surface area contributed by atoms with Crippen LogP contribution in [-0.2, 0) is 22.6 Å². The molecule has 20 heavy (non-hydrogen) atoms. The number of pyridine rings is 1. The van der Waals surface area contributed by atoms with Crippen LogP contribution in [0, 0.1) is 18.3 Å². The molecule has 6 nitrogen and oxygen atoms in total. The first-order chi connectivity index (χ1) is 9.34. The lowest BCUT2D eigenvalue weighted by Gasteiger charge is -2.33. The van der Waals surface area contributed by atoms with Crippen LogP contribution < -0.4 is 10.5 Å². The molecular formula is C14H17N3O3. The van der Waals surface area contributed by atoms with Crippen LogP contribution >= 0.6 is 0 Å². The third kappa shape index (κ3) is 2.73. The maximum atomic E-state index is 10.8. The zero-order valence-electron chi connectivity index (χ0n) is 11.8. The van der Waals surface area contributed by atoms with Gasteiger partial charge in [-0.2, -0.15) is 5.26 Å². The van der Waals surface area contributed by atoms with E-state index in [2.05, 4.69) is 11.1 Å². The molecule has 0 saturated heterocycles. The van der Waals surface area contributed by atoms with Crippen LogP contribution in [0.25, 0.3) is 0 Å². The number of hydrogen-bond acceptors (Lipinski definition) is 5. The van der Waals surface area contributed by atoms with Gasteiger partial charge in [-0.25, -0.2) is 4.98 Å². The summed E-state index contributed by atoms with van der Waals surface area (Å²) in [6.45, 7) is 5.90. The van der Waals surface area contributed by atoms with Gasteiger partial charge in [0, 0.05) is 17.7 Å². The molecule has 0 bridgehead atoms. The Morgan fingerprint density at radius 3 is 2.85 bits per heavy atom. The van der Waals surface area contributed by atoms with E-state index >= 15 is 0 Å². The number of nitrogens with zero attached hydrogens (tertiary/aromatic N) is 2. The first-order valence-electron chi connectivity index (χ1n) is 6.31. The lowest BCUT2D eigenvalue weighted by Crippen LogP contribution is -2.33. The Kier molecular flexibility index (Phi) is 3.64. The van der Waals surface area contributed by atoms with Crippen LogP contribution in [0.1, 0.15) is 36.2 Å². The van der Waals surface area contributed by atoms with Crippen molar-refractivity contribution in [2.45, 2.75) is 39.4 Å². The molecule has 0 aromatic carbocycles. The molecule has 0 unspecified atom stereocenters. The Bertz CT molecular complexity index is 603. The van der Waals surface area contributed by atoms with Gasteiger partial charge in [-0.1, -0.05) is 0 Å². The number of rotatable bonds is 3. The highest BCUT2D eigenvalue weighted by Crippen LogP contribution is 2.34. The summed E-state index contributed by atoms with van der Waals surface area (Å²) in [6, 6.07) is 2.12. The molecule has 2 N–H and O–H groups in total. The Balaban J connectivity index is 2.49. The second kappa shape index (κ2) is 5.10. The molecule has 0 fully saturated rings.